The van der Waals surface area contributed by atoms with E-state index >= 15 is 0 Å². The Hall–Kier alpha value is -0.590. The van der Waals surface area contributed by atoms with Crippen LogP contribution in [0.3, 0.4) is 0 Å². The number of carbonyl (C=O) groups excluding carboxylic acids is 1. The number of carbonyl (C=O) groups is 1. The highest BCUT2D eigenvalue weighted by atomic mass is 16.1. The second-order valence-electron chi connectivity index (χ2n) is 5.09. The molecule has 0 unspecified atom stereocenters. The molecule has 2 aliphatic carbocycles. The summed E-state index contributed by atoms with van der Waals surface area (Å²) in [6.07, 6.45) is 5.79. The molecule has 0 aliphatic heterocycles. The van der Waals surface area contributed by atoms with Gasteiger partial charge in [0.2, 0.25) is 0 Å². The SMILES string of the molecule is CC1=C[C@H]2CC[C@H](C)C[C@@]2(C)C1=O. The summed E-state index contributed by atoms with van der Waals surface area (Å²) in [5, 5.41) is 0. The van der Waals surface area contributed by atoms with Crippen molar-refractivity contribution in [1.82, 2.24) is 0 Å². The fourth-order valence-electron chi connectivity index (χ4n) is 3.12. The van der Waals surface area contributed by atoms with Crippen LogP contribution in [-0.4, -0.2) is 5.78 Å². The van der Waals surface area contributed by atoms with Crippen LogP contribution in [0.25, 0.3) is 0 Å². The normalized spacial score (nSPS) is 44.5. The average Bonchev–Trinajstić information content (AvgIpc) is 2.27. The Morgan fingerprint density at radius 1 is 1.46 bits per heavy atom. The fourth-order valence-corrected chi connectivity index (χ4v) is 3.12. The Morgan fingerprint density at radius 2 is 2.15 bits per heavy atom. The van der Waals surface area contributed by atoms with Crippen molar-refractivity contribution in [2.75, 3.05) is 0 Å². The summed E-state index contributed by atoms with van der Waals surface area (Å²) in [4.78, 5) is 11.9. The Kier molecular flexibility index (Phi) is 1.86. The van der Waals surface area contributed by atoms with Crippen LogP contribution in [0.2, 0.25) is 0 Å². The zero-order chi connectivity index (χ0) is 9.64. The smallest absolute Gasteiger partial charge is 0.164 e. The molecule has 72 valence electrons. The molecule has 0 amide bonds. The van der Waals surface area contributed by atoms with Gasteiger partial charge in [0, 0.05) is 5.41 Å². The number of allylic oxidation sites excluding steroid dienone is 2. The van der Waals surface area contributed by atoms with Gasteiger partial charge in [-0.1, -0.05) is 26.3 Å². The largest absolute Gasteiger partial charge is 0.294 e. The van der Waals surface area contributed by atoms with Gasteiger partial charge in [-0.3, -0.25) is 4.79 Å². The van der Waals surface area contributed by atoms with E-state index in [9.17, 15) is 4.79 Å². The van der Waals surface area contributed by atoms with Gasteiger partial charge in [-0.15, -0.1) is 0 Å². The highest BCUT2D eigenvalue weighted by Crippen LogP contribution is 2.50. The summed E-state index contributed by atoms with van der Waals surface area (Å²) >= 11 is 0. The topological polar surface area (TPSA) is 17.1 Å². The van der Waals surface area contributed by atoms with E-state index < -0.39 is 0 Å². The zero-order valence-corrected chi connectivity index (χ0v) is 8.76. The van der Waals surface area contributed by atoms with Crippen LogP contribution in [0, 0.1) is 17.3 Å². The van der Waals surface area contributed by atoms with Crippen molar-refractivity contribution in [1.29, 1.82) is 0 Å². The van der Waals surface area contributed by atoms with E-state index in [2.05, 4.69) is 19.9 Å². The first kappa shape index (κ1) is 8.98. The molecule has 0 radical (unpaired) electrons. The minimum atomic E-state index is -0.0399. The molecule has 0 bridgehead atoms. The molecule has 2 aliphatic rings. The molecule has 0 aromatic heterocycles. The molecule has 1 saturated carbocycles. The van der Waals surface area contributed by atoms with E-state index in [0.717, 1.165) is 17.9 Å². The van der Waals surface area contributed by atoms with Crippen LogP contribution in [-0.2, 0) is 4.79 Å². The number of rotatable bonds is 0. The van der Waals surface area contributed by atoms with Crippen LogP contribution in [0.15, 0.2) is 11.6 Å². The molecular weight excluding hydrogens is 160 g/mol. The Balaban J connectivity index is 2.30. The number of fused-ring (bicyclic) bond motifs is 1. The molecule has 1 nitrogen and oxygen atoms in total. The van der Waals surface area contributed by atoms with Crippen molar-refractivity contribution in [3.05, 3.63) is 11.6 Å². The van der Waals surface area contributed by atoms with E-state index in [0.29, 0.717) is 11.7 Å². The van der Waals surface area contributed by atoms with Crippen LogP contribution < -0.4 is 0 Å². The van der Waals surface area contributed by atoms with E-state index in [1.54, 1.807) is 0 Å². The number of Topliss-reactive ketones (excluding diaryl/α,β-unsaturated/α-hetero) is 1. The van der Waals surface area contributed by atoms with Gasteiger partial charge >= 0.3 is 0 Å². The summed E-state index contributed by atoms with van der Waals surface area (Å²) < 4.78 is 0. The molecule has 1 fully saturated rings. The van der Waals surface area contributed by atoms with Gasteiger partial charge in [0.05, 0.1) is 0 Å². The average molecular weight is 178 g/mol. The Bertz CT molecular complexity index is 277. The summed E-state index contributed by atoms with van der Waals surface area (Å²) in [5.74, 6) is 1.67. The van der Waals surface area contributed by atoms with Crippen LogP contribution >= 0.6 is 0 Å². The van der Waals surface area contributed by atoms with Crippen molar-refractivity contribution in [2.45, 2.75) is 40.0 Å². The first-order valence-electron chi connectivity index (χ1n) is 5.27. The molecule has 1 heteroatoms. The van der Waals surface area contributed by atoms with E-state index in [1.165, 1.54) is 12.8 Å². The minimum Gasteiger partial charge on any atom is -0.294 e. The monoisotopic (exact) mass is 178 g/mol. The van der Waals surface area contributed by atoms with Gasteiger partial charge < -0.3 is 0 Å². The van der Waals surface area contributed by atoms with Gasteiger partial charge in [0.15, 0.2) is 5.78 Å². The van der Waals surface area contributed by atoms with Gasteiger partial charge in [-0.25, -0.2) is 0 Å². The maximum absolute atomic E-state index is 11.9. The quantitative estimate of drug-likeness (QED) is 0.557. The zero-order valence-electron chi connectivity index (χ0n) is 8.76. The lowest BCUT2D eigenvalue weighted by molar-refractivity contribution is -0.126. The third-order valence-electron chi connectivity index (χ3n) is 3.89. The standard InChI is InChI=1S/C12H18O/c1-8-4-5-10-6-9(2)11(13)12(10,3)7-8/h6,8,10H,4-5,7H2,1-3H3/t8-,10+,12+/m0/s1. The third-order valence-corrected chi connectivity index (χ3v) is 3.89. The van der Waals surface area contributed by atoms with Gasteiger partial charge in [-0.2, -0.15) is 0 Å². The lowest BCUT2D eigenvalue weighted by Crippen LogP contribution is -2.36. The maximum atomic E-state index is 11.9. The van der Waals surface area contributed by atoms with Crippen LogP contribution in [0.4, 0.5) is 0 Å². The first-order chi connectivity index (χ1) is 6.04. The highest BCUT2D eigenvalue weighted by molar-refractivity contribution is 6.02. The predicted octanol–water partition coefficient (Wildman–Crippen LogP) is 2.96. The molecule has 0 heterocycles. The van der Waals surface area contributed by atoms with Gasteiger partial charge in [0.1, 0.15) is 0 Å². The summed E-state index contributed by atoms with van der Waals surface area (Å²) in [5.41, 5.74) is 0.962. The lowest BCUT2D eigenvalue weighted by Gasteiger charge is -2.37. The number of ketones is 1. The molecule has 2 rings (SSSR count). The number of hydrogen-bond acceptors (Lipinski definition) is 1. The van der Waals surface area contributed by atoms with Crippen LogP contribution in [0.1, 0.15) is 40.0 Å². The van der Waals surface area contributed by atoms with Gasteiger partial charge in [-0.05, 0) is 37.2 Å². The predicted molar refractivity (Wildman–Crippen MR) is 53.4 cm³/mol. The molecule has 0 aromatic carbocycles. The minimum absolute atomic E-state index is 0.0399. The molecule has 0 spiro atoms. The van der Waals surface area contributed by atoms with E-state index in [1.807, 2.05) is 6.92 Å². The van der Waals surface area contributed by atoms with Crippen molar-refractivity contribution >= 4 is 5.78 Å². The van der Waals surface area contributed by atoms with Crippen molar-refractivity contribution in [3.63, 3.8) is 0 Å². The molecule has 13 heavy (non-hydrogen) atoms. The van der Waals surface area contributed by atoms with Gasteiger partial charge in [0.25, 0.3) is 0 Å². The maximum Gasteiger partial charge on any atom is 0.164 e. The summed E-state index contributed by atoms with van der Waals surface area (Å²) in [6, 6.07) is 0. The first-order valence-corrected chi connectivity index (χ1v) is 5.27. The highest BCUT2D eigenvalue weighted by Gasteiger charge is 2.47. The second-order valence-corrected chi connectivity index (χ2v) is 5.09. The molecule has 0 saturated heterocycles. The molecule has 3 atom stereocenters. The van der Waals surface area contributed by atoms with Crippen LogP contribution in [0.5, 0.6) is 0 Å². The van der Waals surface area contributed by atoms with Crippen molar-refractivity contribution < 1.29 is 4.79 Å². The second kappa shape index (κ2) is 2.70. The molecule has 0 aromatic rings. The fraction of sp³-hybridized carbons (Fsp3) is 0.750. The molecule has 0 N–H and O–H groups in total. The lowest BCUT2D eigenvalue weighted by atomic mass is 9.65. The molecular formula is C12H18O. The summed E-state index contributed by atoms with van der Waals surface area (Å²) in [6.45, 7) is 6.39. The Morgan fingerprint density at radius 3 is 2.85 bits per heavy atom. The summed E-state index contributed by atoms with van der Waals surface area (Å²) in [7, 11) is 0. The van der Waals surface area contributed by atoms with Crippen molar-refractivity contribution in [3.8, 4) is 0 Å². The number of hydrogen-bond donors (Lipinski definition) is 0. The van der Waals surface area contributed by atoms with E-state index in [4.69, 9.17) is 0 Å². The van der Waals surface area contributed by atoms with Crippen molar-refractivity contribution in [2.24, 2.45) is 17.3 Å². The van der Waals surface area contributed by atoms with E-state index in [-0.39, 0.29) is 5.41 Å². The Labute approximate surface area is 80.2 Å². The third kappa shape index (κ3) is 1.17.